The van der Waals surface area contributed by atoms with Gasteiger partial charge in [0.2, 0.25) is 0 Å². The Kier molecular flexibility index (Phi) is 4.89. The standard InChI is InChI=1S/C23H21N3O2/c1-3-20-21(19-13-24-15-25-23(19)26(20)2)22(27)17-9-11-18(12-10-17)28-14-16-7-5-4-6-8-16/h4-13,15H,3,14H2,1-2H3. The second-order valence-electron chi connectivity index (χ2n) is 6.62. The molecule has 0 atom stereocenters. The van der Waals surface area contributed by atoms with E-state index in [1.54, 1.807) is 6.20 Å². The van der Waals surface area contributed by atoms with E-state index in [0.717, 1.165) is 34.5 Å². The highest BCUT2D eigenvalue weighted by Gasteiger charge is 2.22. The van der Waals surface area contributed by atoms with Crippen molar-refractivity contribution >= 4 is 16.8 Å². The van der Waals surface area contributed by atoms with Crippen LogP contribution in [0.5, 0.6) is 5.75 Å². The molecule has 4 rings (SSSR count). The molecular weight excluding hydrogens is 350 g/mol. The van der Waals surface area contributed by atoms with Gasteiger partial charge in [0.25, 0.3) is 0 Å². The van der Waals surface area contributed by atoms with Crippen LogP contribution in [0.15, 0.2) is 67.1 Å². The van der Waals surface area contributed by atoms with Crippen molar-refractivity contribution in [3.63, 3.8) is 0 Å². The lowest BCUT2D eigenvalue weighted by molar-refractivity contribution is 0.103. The lowest BCUT2D eigenvalue weighted by Gasteiger charge is -2.08. The van der Waals surface area contributed by atoms with Gasteiger partial charge in [0.05, 0.1) is 5.56 Å². The van der Waals surface area contributed by atoms with Gasteiger partial charge in [-0.3, -0.25) is 4.79 Å². The minimum absolute atomic E-state index is 0.0214. The number of aromatic nitrogens is 3. The van der Waals surface area contributed by atoms with Crippen LogP contribution in [-0.4, -0.2) is 20.3 Å². The van der Waals surface area contributed by atoms with Gasteiger partial charge < -0.3 is 9.30 Å². The van der Waals surface area contributed by atoms with Crippen LogP contribution in [0.25, 0.3) is 11.0 Å². The lowest BCUT2D eigenvalue weighted by Crippen LogP contribution is -2.06. The van der Waals surface area contributed by atoms with Gasteiger partial charge in [-0.25, -0.2) is 9.97 Å². The van der Waals surface area contributed by atoms with Gasteiger partial charge in [-0.15, -0.1) is 0 Å². The average molecular weight is 371 g/mol. The molecule has 0 aliphatic rings. The van der Waals surface area contributed by atoms with Crippen LogP contribution < -0.4 is 4.74 Å². The lowest BCUT2D eigenvalue weighted by atomic mass is 10.0. The number of hydrogen-bond donors (Lipinski definition) is 0. The monoisotopic (exact) mass is 371 g/mol. The molecule has 0 bridgehead atoms. The smallest absolute Gasteiger partial charge is 0.195 e. The second-order valence-corrected chi connectivity index (χ2v) is 6.62. The first-order valence-electron chi connectivity index (χ1n) is 9.27. The van der Waals surface area contributed by atoms with Gasteiger partial charge in [0.15, 0.2) is 5.78 Å². The number of ketones is 1. The van der Waals surface area contributed by atoms with Crippen molar-refractivity contribution in [2.24, 2.45) is 7.05 Å². The maximum Gasteiger partial charge on any atom is 0.195 e. The predicted molar refractivity (Wildman–Crippen MR) is 109 cm³/mol. The van der Waals surface area contributed by atoms with E-state index in [9.17, 15) is 4.79 Å². The number of benzene rings is 2. The highest BCUT2D eigenvalue weighted by Crippen LogP contribution is 2.27. The molecule has 0 saturated carbocycles. The Bertz CT molecular complexity index is 1120. The van der Waals surface area contributed by atoms with E-state index in [4.69, 9.17) is 4.74 Å². The third kappa shape index (κ3) is 3.27. The van der Waals surface area contributed by atoms with Crippen LogP contribution in [0.2, 0.25) is 0 Å². The number of nitrogens with zero attached hydrogens (tertiary/aromatic N) is 3. The summed E-state index contributed by atoms with van der Waals surface area (Å²) in [4.78, 5) is 21.7. The van der Waals surface area contributed by atoms with Gasteiger partial charge in [0.1, 0.15) is 24.3 Å². The quantitative estimate of drug-likeness (QED) is 0.473. The van der Waals surface area contributed by atoms with Crippen molar-refractivity contribution in [1.29, 1.82) is 0 Å². The summed E-state index contributed by atoms with van der Waals surface area (Å²) >= 11 is 0. The topological polar surface area (TPSA) is 57.0 Å². The summed E-state index contributed by atoms with van der Waals surface area (Å²) in [7, 11) is 1.94. The third-order valence-corrected chi connectivity index (χ3v) is 4.90. The van der Waals surface area contributed by atoms with Crippen molar-refractivity contribution in [2.75, 3.05) is 0 Å². The second kappa shape index (κ2) is 7.64. The molecule has 2 heterocycles. The third-order valence-electron chi connectivity index (χ3n) is 4.90. The Labute approximate surface area is 163 Å². The highest BCUT2D eigenvalue weighted by atomic mass is 16.5. The molecule has 0 aliphatic carbocycles. The zero-order valence-corrected chi connectivity index (χ0v) is 15.9. The van der Waals surface area contributed by atoms with Crippen molar-refractivity contribution in [2.45, 2.75) is 20.0 Å². The van der Waals surface area contributed by atoms with Crippen LogP contribution in [-0.2, 0) is 20.1 Å². The van der Waals surface area contributed by atoms with E-state index in [-0.39, 0.29) is 5.78 Å². The Morgan fingerprint density at radius 2 is 1.82 bits per heavy atom. The summed E-state index contributed by atoms with van der Waals surface area (Å²) in [6, 6.07) is 17.3. The molecule has 0 aliphatic heterocycles. The molecule has 0 unspecified atom stereocenters. The molecule has 0 spiro atoms. The van der Waals surface area contributed by atoms with Gasteiger partial charge in [0, 0.05) is 29.9 Å². The average Bonchev–Trinajstić information content (AvgIpc) is 3.05. The number of carbonyl (C=O) groups is 1. The first-order valence-corrected chi connectivity index (χ1v) is 9.27. The van der Waals surface area contributed by atoms with E-state index < -0.39 is 0 Å². The van der Waals surface area contributed by atoms with Crippen molar-refractivity contribution < 1.29 is 9.53 Å². The molecule has 140 valence electrons. The summed E-state index contributed by atoms with van der Waals surface area (Å²) in [5.74, 6) is 0.712. The molecule has 5 heteroatoms. The number of hydrogen-bond acceptors (Lipinski definition) is 4. The largest absolute Gasteiger partial charge is 0.489 e. The van der Waals surface area contributed by atoms with Gasteiger partial charge >= 0.3 is 0 Å². The molecule has 2 aromatic heterocycles. The Morgan fingerprint density at radius 1 is 1.07 bits per heavy atom. The first kappa shape index (κ1) is 17.9. The molecular formula is C23H21N3O2. The maximum atomic E-state index is 13.2. The summed E-state index contributed by atoms with van der Waals surface area (Å²) in [5, 5.41) is 0.788. The molecule has 4 aromatic rings. The maximum absolute atomic E-state index is 13.2. The molecule has 5 nitrogen and oxygen atoms in total. The number of fused-ring (bicyclic) bond motifs is 1. The van der Waals surface area contributed by atoms with E-state index in [2.05, 4.69) is 9.97 Å². The Balaban J connectivity index is 1.60. The molecule has 2 aromatic carbocycles. The van der Waals surface area contributed by atoms with Crippen molar-refractivity contribution in [3.05, 3.63) is 89.5 Å². The minimum atomic E-state index is -0.0214. The van der Waals surface area contributed by atoms with Crippen molar-refractivity contribution in [3.8, 4) is 5.75 Å². The minimum Gasteiger partial charge on any atom is -0.489 e. The number of carbonyl (C=O) groups excluding carboxylic acids is 1. The first-order chi connectivity index (χ1) is 13.7. The van der Waals surface area contributed by atoms with Crippen LogP contribution >= 0.6 is 0 Å². The summed E-state index contributed by atoms with van der Waals surface area (Å²) < 4.78 is 7.79. The van der Waals surface area contributed by atoms with Gasteiger partial charge in [-0.2, -0.15) is 0 Å². The van der Waals surface area contributed by atoms with E-state index in [0.29, 0.717) is 17.7 Å². The summed E-state index contributed by atoms with van der Waals surface area (Å²) in [6.45, 7) is 2.54. The molecule has 0 radical (unpaired) electrons. The summed E-state index contributed by atoms with van der Waals surface area (Å²) in [6.07, 6.45) is 3.97. The van der Waals surface area contributed by atoms with Gasteiger partial charge in [-0.1, -0.05) is 37.3 Å². The highest BCUT2D eigenvalue weighted by molar-refractivity contribution is 6.17. The fraction of sp³-hybridized carbons (Fsp3) is 0.174. The molecule has 0 saturated heterocycles. The van der Waals surface area contributed by atoms with Crippen LogP contribution in [0.1, 0.15) is 34.1 Å². The SMILES string of the molecule is CCc1c(C(=O)c2ccc(OCc3ccccc3)cc2)c2cncnc2n1C. The zero-order valence-electron chi connectivity index (χ0n) is 15.9. The number of ether oxygens (including phenoxy) is 1. The fourth-order valence-electron chi connectivity index (χ4n) is 3.47. The Morgan fingerprint density at radius 3 is 2.54 bits per heavy atom. The van der Waals surface area contributed by atoms with Crippen LogP contribution in [0.3, 0.4) is 0 Å². The normalized spacial score (nSPS) is 10.9. The Hall–Kier alpha value is -3.47. The zero-order chi connectivity index (χ0) is 19.5. The molecule has 28 heavy (non-hydrogen) atoms. The summed E-state index contributed by atoms with van der Waals surface area (Å²) in [5.41, 5.74) is 4.14. The van der Waals surface area contributed by atoms with Crippen LogP contribution in [0.4, 0.5) is 0 Å². The molecule has 0 fully saturated rings. The van der Waals surface area contributed by atoms with Gasteiger partial charge in [-0.05, 0) is 36.2 Å². The van der Waals surface area contributed by atoms with E-state index >= 15 is 0 Å². The van der Waals surface area contributed by atoms with Crippen molar-refractivity contribution in [1.82, 2.24) is 14.5 Å². The molecule has 0 amide bonds. The molecule has 0 N–H and O–H groups in total. The number of aryl methyl sites for hydroxylation is 1. The number of rotatable bonds is 6. The fourth-order valence-corrected chi connectivity index (χ4v) is 3.47. The predicted octanol–water partition coefficient (Wildman–Crippen LogP) is 4.34. The van der Waals surface area contributed by atoms with E-state index in [1.165, 1.54) is 6.33 Å². The van der Waals surface area contributed by atoms with Crippen LogP contribution in [0, 0.1) is 0 Å². The van der Waals surface area contributed by atoms with E-state index in [1.807, 2.05) is 73.1 Å².